The van der Waals surface area contributed by atoms with Crippen LogP contribution in [-0.2, 0) is 4.79 Å². The van der Waals surface area contributed by atoms with Gasteiger partial charge in [-0.25, -0.2) is 4.98 Å². The van der Waals surface area contributed by atoms with Crippen LogP contribution in [0, 0.1) is 0 Å². The number of fused-ring (bicyclic) bond motifs is 1. The quantitative estimate of drug-likeness (QED) is 0.655. The number of likely N-dealkylation sites (tertiary alicyclic amines) is 1. The fourth-order valence-electron chi connectivity index (χ4n) is 3.89. The lowest BCUT2D eigenvalue weighted by Crippen LogP contribution is -2.40. The molecule has 0 bridgehead atoms. The van der Waals surface area contributed by atoms with Crippen LogP contribution < -0.4 is 4.74 Å². The molecular formula is C24H27N3O3. The minimum Gasteiger partial charge on any atom is -0.468 e. The van der Waals surface area contributed by atoms with Crippen LogP contribution in [0.5, 0.6) is 5.88 Å². The smallest absolute Gasteiger partial charge is 0.260 e. The van der Waals surface area contributed by atoms with E-state index >= 15 is 0 Å². The SMILES string of the molecule is CN(C(=O)COc1ccc2ccccc2n1)[C@H](CN1CCC(O)C1)c1ccccc1. The van der Waals surface area contributed by atoms with E-state index in [0.29, 0.717) is 19.0 Å². The highest BCUT2D eigenvalue weighted by atomic mass is 16.5. The summed E-state index contributed by atoms with van der Waals surface area (Å²) in [5, 5.41) is 10.9. The third-order valence-electron chi connectivity index (χ3n) is 5.64. The van der Waals surface area contributed by atoms with E-state index in [-0.39, 0.29) is 24.7 Å². The van der Waals surface area contributed by atoms with Crippen molar-refractivity contribution < 1.29 is 14.6 Å². The van der Waals surface area contributed by atoms with Gasteiger partial charge in [0.15, 0.2) is 6.61 Å². The van der Waals surface area contributed by atoms with Gasteiger partial charge in [-0.1, -0.05) is 48.5 Å². The molecule has 2 atom stereocenters. The highest BCUT2D eigenvalue weighted by Crippen LogP contribution is 2.23. The van der Waals surface area contributed by atoms with Crippen LogP contribution in [0.1, 0.15) is 18.0 Å². The summed E-state index contributed by atoms with van der Waals surface area (Å²) in [4.78, 5) is 21.4. The number of pyridine rings is 1. The van der Waals surface area contributed by atoms with Crippen molar-refractivity contribution in [2.75, 3.05) is 33.3 Å². The summed E-state index contributed by atoms with van der Waals surface area (Å²) in [5.41, 5.74) is 1.91. The topological polar surface area (TPSA) is 65.9 Å². The zero-order chi connectivity index (χ0) is 20.9. The second-order valence-corrected chi connectivity index (χ2v) is 7.76. The van der Waals surface area contributed by atoms with E-state index in [1.807, 2.05) is 67.7 Å². The molecule has 2 aromatic carbocycles. The highest BCUT2D eigenvalue weighted by molar-refractivity contribution is 5.79. The molecule has 6 nitrogen and oxygen atoms in total. The van der Waals surface area contributed by atoms with Crippen molar-refractivity contribution >= 4 is 16.8 Å². The van der Waals surface area contributed by atoms with E-state index in [2.05, 4.69) is 9.88 Å². The zero-order valence-corrected chi connectivity index (χ0v) is 17.1. The van der Waals surface area contributed by atoms with Crippen molar-refractivity contribution in [3.8, 4) is 5.88 Å². The van der Waals surface area contributed by atoms with Gasteiger partial charge in [-0.2, -0.15) is 0 Å². The number of benzene rings is 2. The average Bonchev–Trinajstić information content (AvgIpc) is 3.20. The van der Waals surface area contributed by atoms with E-state index in [1.165, 1.54) is 0 Å². The van der Waals surface area contributed by atoms with E-state index in [4.69, 9.17) is 4.74 Å². The number of likely N-dealkylation sites (N-methyl/N-ethyl adjacent to an activating group) is 1. The number of hydrogen-bond acceptors (Lipinski definition) is 5. The molecule has 1 aliphatic heterocycles. The molecule has 1 unspecified atom stereocenters. The first-order valence-corrected chi connectivity index (χ1v) is 10.3. The van der Waals surface area contributed by atoms with Gasteiger partial charge in [-0.05, 0) is 24.1 Å². The molecule has 30 heavy (non-hydrogen) atoms. The molecule has 1 amide bonds. The van der Waals surface area contributed by atoms with E-state index < -0.39 is 0 Å². The molecule has 0 radical (unpaired) electrons. The Bertz CT molecular complexity index is 995. The Kier molecular flexibility index (Phi) is 6.26. The maximum atomic E-state index is 12.9. The van der Waals surface area contributed by atoms with Crippen molar-refractivity contribution in [1.82, 2.24) is 14.8 Å². The van der Waals surface area contributed by atoms with Crippen LogP contribution in [0.15, 0.2) is 66.7 Å². The summed E-state index contributed by atoms with van der Waals surface area (Å²) >= 11 is 0. The maximum absolute atomic E-state index is 12.9. The monoisotopic (exact) mass is 405 g/mol. The number of amides is 1. The van der Waals surface area contributed by atoms with Crippen LogP contribution in [0.25, 0.3) is 10.9 Å². The number of β-amino-alcohol motifs (C(OH)–C–C–N with tert-alkyl or cyclic N) is 1. The van der Waals surface area contributed by atoms with Crippen molar-refractivity contribution in [2.45, 2.75) is 18.6 Å². The summed E-state index contributed by atoms with van der Waals surface area (Å²) in [6, 6.07) is 21.4. The Morgan fingerprint density at radius 3 is 2.70 bits per heavy atom. The fourth-order valence-corrected chi connectivity index (χ4v) is 3.89. The Balaban J connectivity index is 1.44. The van der Waals surface area contributed by atoms with Crippen molar-refractivity contribution in [1.29, 1.82) is 0 Å². The number of rotatable bonds is 7. The number of ether oxygens (including phenoxy) is 1. The molecule has 0 saturated carbocycles. The molecule has 6 heteroatoms. The molecule has 156 valence electrons. The molecule has 1 aromatic heterocycles. The number of aromatic nitrogens is 1. The first-order valence-electron chi connectivity index (χ1n) is 10.3. The Morgan fingerprint density at radius 1 is 1.17 bits per heavy atom. The Hall–Kier alpha value is -2.96. The van der Waals surface area contributed by atoms with Crippen LogP contribution in [0.3, 0.4) is 0 Å². The van der Waals surface area contributed by atoms with Gasteiger partial charge < -0.3 is 14.7 Å². The van der Waals surface area contributed by atoms with Gasteiger partial charge in [0.2, 0.25) is 5.88 Å². The normalized spacial score (nSPS) is 17.7. The second kappa shape index (κ2) is 9.24. The average molecular weight is 405 g/mol. The van der Waals surface area contributed by atoms with Crippen molar-refractivity contribution in [3.05, 3.63) is 72.3 Å². The molecule has 4 rings (SSSR count). The third kappa shape index (κ3) is 4.78. The number of para-hydroxylation sites is 1. The van der Waals surface area contributed by atoms with Crippen LogP contribution in [0.2, 0.25) is 0 Å². The number of aliphatic hydroxyl groups excluding tert-OH is 1. The summed E-state index contributed by atoms with van der Waals surface area (Å²) in [7, 11) is 1.81. The highest BCUT2D eigenvalue weighted by Gasteiger charge is 2.28. The summed E-state index contributed by atoms with van der Waals surface area (Å²) < 4.78 is 5.71. The lowest BCUT2D eigenvalue weighted by Gasteiger charge is -2.32. The lowest BCUT2D eigenvalue weighted by molar-refractivity contribution is -0.134. The number of carbonyl (C=O) groups excluding carboxylic acids is 1. The Labute approximate surface area is 176 Å². The van der Waals surface area contributed by atoms with Crippen LogP contribution >= 0.6 is 0 Å². The third-order valence-corrected chi connectivity index (χ3v) is 5.64. The second-order valence-electron chi connectivity index (χ2n) is 7.76. The van der Waals surface area contributed by atoms with Gasteiger partial charge in [0.1, 0.15) is 0 Å². The molecule has 0 aliphatic carbocycles. The molecular weight excluding hydrogens is 378 g/mol. The van der Waals surface area contributed by atoms with Gasteiger partial charge in [0.05, 0.1) is 17.7 Å². The van der Waals surface area contributed by atoms with Crippen molar-refractivity contribution in [2.24, 2.45) is 0 Å². The van der Waals surface area contributed by atoms with E-state index in [0.717, 1.165) is 29.4 Å². The van der Waals surface area contributed by atoms with Crippen molar-refractivity contribution in [3.63, 3.8) is 0 Å². The van der Waals surface area contributed by atoms with Gasteiger partial charge >= 0.3 is 0 Å². The molecule has 3 aromatic rings. The molecule has 1 N–H and O–H groups in total. The largest absolute Gasteiger partial charge is 0.468 e. The first kappa shape index (κ1) is 20.3. The van der Waals surface area contributed by atoms with Crippen LogP contribution in [0.4, 0.5) is 0 Å². The van der Waals surface area contributed by atoms with E-state index in [9.17, 15) is 9.90 Å². The molecule has 2 heterocycles. The predicted octanol–water partition coefficient (Wildman–Crippen LogP) is 2.88. The van der Waals surface area contributed by atoms with Gasteiger partial charge in [-0.15, -0.1) is 0 Å². The van der Waals surface area contributed by atoms with Crippen LogP contribution in [-0.4, -0.2) is 65.2 Å². The van der Waals surface area contributed by atoms with Gasteiger partial charge in [0, 0.05) is 38.1 Å². The predicted molar refractivity (Wildman–Crippen MR) is 116 cm³/mol. The standard InChI is InChI=1S/C24H27N3O3/c1-26(22(19-8-3-2-4-9-19)16-27-14-13-20(28)15-27)24(29)17-30-23-12-11-18-7-5-6-10-21(18)25-23/h2-12,20,22,28H,13-17H2,1H3/t20?,22-/m1/s1. The number of hydrogen-bond donors (Lipinski definition) is 1. The van der Waals surface area contributed by atoms with E-state index in [1.54, 1.807) is 11.0 Å². The Morgan fingerprint density at radius 2 is 1.93 bits per heavy atom. The molecule has 1 saturated heterocycles. The minimum atomic E-state index is -0.287. The molecule has 0 spiro atoms. The number of carbonyl (C=O) groups is 1. The minimum absolute atomic E-state index is 0.0756. The fraction of sp³-hybridized carbons (Fsp3) is 0.333. The number of aliphatic hydroxyl groups is 1. The molecule has 1 aliphatic rings. The summed E-state index contributed by atoms with van der Waals surface area (Å²) in [6.07, 6.45) is 0.486. The van der Waals surface area contributed by atoms with Gasteiger partial charge in [0.25, 0.3) is 5.91 Å². The lowest BCUT2D eigenvalue weighted by atomic mass is 10.0. The zero-order valence-electron chi connectivity index (χ0n) is 17.1. The first-order chi connectivity index (χ1) is 14.6. The summed E-state index contributed by atoms with van der Waals surface area (Å²) in [5.74, 6) is 0.327. The van der Waals surface area contributed by atoms with Gasteiger partial charge in [-0.3, -0.25) is 9.69 Å². The molecule has 1 fully saturated rings. The summed E-state index contributed by atoms with van der Waals surface area (Å²) in [6.45, 7) is 2.08. The number of nitrogens with zero attached hydrogens (tertiary/aromatic N) is 3. The maximum Gasteiger partial charge on any atom is 0.260 e.